The molecule has 2 aromatic carbocycles. The third-order valence-electron chi connectivity index (χ3n) is 2.79. The molecule has 8 heteroatoms. The van der Waals surface area contributed by atoms with Gasteiger partial charge < -0.3 is 10.1 Å². The van der Waals surface area contributed by atoms with Crippen molar-refractivity contribution >= 4 is 55.8 Å². The topological polar surface area (TPSA) is 79.5 Å². The zero-order chi connectivity index (χ0) is 16.8. The molecule has 0 aliphatic heterocycles. The van der Waals surface area contributed by atoms with Crippen LogP contribution in [0.1, 0.15) is 6.92 Å². The summed E-state index contributed by atoms with van der Waals surface area (Å²) < 4.78 is 6.27. The highest BCUT2D eigenvalue weighted by Crippen LogP contribution is 2.32. The van der Waals surface area contributed by atoms with Crippen molar-refractivity contribution in [2.45, 2.75) is 6.92 Å². The summed E-state index contributed by atoms with van der Waals surface area (Å²) >= 11 is 8.27. The molecule has 0 aliphatic carbocycles. The van der Waals surface area contributed by atoms with Gasteiger partial charge in [-0.2, -0.15) is 0 Å². The summed E-state index contributed by atoms with van der Waals surface area (Å²) in [5.41, 5.74) is 4.73. The van der Waals surface area contributed by atoms with E-state index in [-0.39, 0.29) is 17.6 Å². The first-order chi connectivity index (χ1) is 11.0. The molecular weight excluding hydrogens is 382 g/mol. The number of fused-ring (bicyclic) bond motifs is 1. The number of carbonyl (C=O) groups is 2. The van der Waals surface area contributed by atoms with E-state index in [0.29, 0.717) is 5.75 Å². The Kier molecular flexibility index (Phi) is 5.89. The first-order valence-corrected chi connectivity index (χ1v) is 7.84. The fraction of sp³-hybridized carbons (Fsp3) is 0.133. The number of nitrogens with one attached hydrogen (secondary N) is 3. The Bertz CT molecular complexity index is 767. The Hall–Kier alpha value is -2.19. The number of carbonyl (C=O) groups excluding carboxylic acids is 2. The smallest absolute Gasteiger partial charge is 0.276 e. The second-order valence-corrected chi connectivity index (χ2v) is 5.77. The van der Waals surface area contributed by atoms with Gasteiger partial charge in [-0.25, -0.2) is 0 Å². The predicted octanol–water partition coefficient (Wildman–Crippen LogP) is 2.02. The fourth-order valence-corrected chi connectivity index (χ4v) is 2.62. The minimum Gasteiger partial charge on any atom is -0.483 e. The van der Waals surface area contributed by atoms with Crippen molar-refractivity contribution in [1.29, 1.82) is 0 Å². The zero-order valence-corrected chi connectivity index (χ0v) is 14.6. The number of ether oxygens (including phenoxy) is 1. The van der Waals surface area contributed by atoms with Gasteiger partial charge in [-0.3, -0.25) is 20.4 Å². The molecule has 0 heterocycles. The quantitative estimate of drug-likeness (QED) is 0.547. The normalized spacial score (nSPS) is 10.0. The van der Waals surface area contributed by atoms with Crippen LogP contribution in [0.25, 0.3) is 10.8 Å². The van der Waals surface area contributed by atoms with Gasteiger partial charge in [0.05, 0.1) is 4.47 Å². The molecule has 0 saturated carbocycles. The summed E-state index contributed by atoms with van der Waals surface area (Å²) in [6.07, 6.45) is 0. The van der Waals surface area contributed by atoms with Crippen LogP contribution in [0.3, 0.4) is 0 Å². The van der Waals surface area contributed by atoms with Gasteiger partial charge in [0, 0.05) is 6.92 Å². The van der Waals surface area contributed by atoms with E-state index >= 15 is 0 Å². The molecule has 0 aliphatic rings. The lowest BCUT2D eigenvalue weighted by atomic mass is 10.1. The molecular formula is C15H14BrN3O3S. The SMILES string of the molecule is CC(=O)NC(=S)NNC(=O)COc1ccc2ccccc2c1Br. The molecule has 0 bridgehead atoms. The average molecular weight is 396 g/mol. The summed E-state index contributed by atoms with van der Waals surface area (Å²) in [6.45, 7) is 1.11. The molecule has 0 radical (unpaired) electrons. The van der Waals surface area contributed by atoms with Crippen LogP contribution in [0.2, 0.25) is 0 Å². The van der Waals surface area contributed by atoms with Gasteiger partial charge in [0.2, 0.25) is 5.91 Å². The number of rotatable bonds is 3. The van der Waals surface area contributed by atoms with E-state index < -0.39 is 5.91 Å². The van der Waals surface area contributed by atoms with E-state index in [4.69, 9.17) is 17.0 Å². The Morgan fingerprint density at radius 1 is 1.17 bits per heavy atom. The van der Waals surface area contributed by atoms with Crippen molar-refractivity contribution in [2.24, 2.45) is 0 Å². The number of hydrogen-bond acceptors (Lipinski definition) is 4. The Morgan fingerprint density at radius 3 is 2.65 bits per heavy atom. The van der Waals surface area contributed by atoms with E-state index in [9.17, 15) is 9.59 Å². The van der Waals surface area contributed by atoms with Crippen molar-refractivity contribution in [1.82, 2.24) is 16.2 Å². The van der Waals surface area contributed by atoms with Gasteiger partial charge in [-0.15, -0.1) is 0 Å². The lowest BCUT2D eigenvalue weighted by Gasteiger charge is -2.12. The number of benzene rings is 2. The van der Waals surface area contributed by atoms with Crippen LogP contribution in [-0.2, 0) is 9.59 Å². The lowest BCUT2D eigenvalue weighted by Crippen LogP contribution is -2.49. The fourth-order valence-electron chi connectivity index (χ4n) is 1.82. The summed E-state index contributed by atoms with van der Waals surface area (Å²) in [7, 11) is 0. The maximum atomic E-state index is 11.7. The Morgan fingerprint density at radius 2 is 1.91 bits per heavy atom. The molecule has 0 fully saturated rings. The molecule has 2 amide bonds. The van der Waals surface area contributed by atoms with E-state index in [1.807, 2.05) is 30.3 Å². The largest absolute Gasteiger partial charge is 0.483 e. The van der Waals surface area contributed by atoms with Crippen LogP contribution >= 0.6 is 28.1 Å². The first-order valence-electron chi connectivity index (χ1n) is 6.64. The second-order valence-electron chi connectivity index (χ2n) is 4.57. The van der Waals surface area contributed by atoms with E-state index in [2.05, 4.69) is 32.1 Å². The van der Waals surface area contributed by atoms with E-state index in [1.54, 1.807) is 6.07 Å². The maximum Gasteiger partial charge on any atom is 0.276 e. The van der Waals surface area contributed by atoms with Gasteiger partial charge in [0.15, 0.2) is 11.7 Å². The zero-order valence-electron chi connectivity index (χ0n) is 12.2. The molecule has 0 aromatic heterocycles. The predicted molar refractivity (Wildman–Crippen MR) is 94.8 cm³/mol. The van der Waals surface area contributed by atoms with Crippen LogP contribution in [-0.4, -0.2) is 23.5 Å². The number of halogens is 1. The Balaban J connectivity index is 1.91. The van der Waals surface area contributed by atoms with Crippen LogP contribution < -0.4 is 20.9 Å². The monoisotopic (exact) mass is 395 g/mol. The minimum absolute atomic E-state index is 0.0118. The number of hydrazine groups is 1. The third-order valence-corrected chi connectivity index (χ3v) is 3.81. The molecule has 23 heavy (non-hydrogen) atoms. The maximum absolute atomic E-state index is 11.7. The molecule has 0 unspecified atom stereocenters. The molecule has 2 rings (SSSR count). The molecule has 2 aromatic rings. The summed E-state index contributed by atoms with van der Waals surface area (Å²) in [6, 6.07) is 11.5. The lowest BCUT2D eigenvalue weighted by molar-refractivity contribution is -0.124. The first kappa shape index (κ1) is 17.2. The van der Waals surface area contributed by atoms with Crippen molar-refractivity contribution in [3.63, 3.8) is 0 Å². The molecule has 0 saturated heterocycles. The minimum atomic E-state index is -0.433. The van der Waals surface area contributed by atoms with Crippen LogP contribution in [0.4, 0.5) is 0 Å². The third kappa shape index (κ3) is 4.90. The highest BCUT2D eigenvalue weighted by atomic mass is 79.9. The summed E-state index contributed by atoms with van der Waals surface area (Å²) in [5, 5.41) is 4.40. The van der Waals surface area contributed by atoms with Crippen molar-refractivity contribution in [3.8, 4) is 5.75 Å². The van der Waals surface area contributed by atoms with Crippen molar-refractivity contribution in [3.05, 3.63) is 40.9 Å². The average Bonchev–Trinajstić information content (AvgIpc) is 2.52. The summed E-state index contributed by atoms with van der Waals surface area (Å²) in [5.74, 6) is -0.200. The van der Waals surface area contributed by atoms with Gasteiger partial charge in [0.1, 0.15) is 5.75 Å². The van der Waals surface area contributed by atoms with Gasteiger partial charge in [0.25, 0.3) is 5.91 Å². The highest BCUT2D eigenvalue weighted by molar-refractivity contribution is 9.10. The number of thiocarbonyl (C=S) groups is 1. The standard InChI is InChI=1S/C15H14BrN3O3S/c1-9(20)17-15(23)19-18-13(21)8-22-12-7-6-10-4-2-3-5-11(10)14(12)16/h2-7H,8H2,1H3,(H,18,21)(H2,17,19,20,23). The van der Waals surface area contributed by atoms with Crippen molar-refractivity contribution in [2.75, 3.05) is 6.61 Å². The van der Waals surface area contributed by atoms with Crippen LogP contribution in [0, 0.1) is 0 Å². The van der Waals surface area contributed by atoms with Gasteiger partial charge in [-0.1, -0.05) is 30.3 Å². The van der Waals surface area contributed by atoms with Crippen LogP contribution in [0.5, 0.6) is 5.75 Å². The number of amides is 2. The van der Waals surface area contributed by atoms with Gasteiger partial charge in [-0.05, 0) is 45.0 Å². The highest BCUT2D eigenvalue weighted by Gasteiger charge is 2.09. The molecule has 0 atom stereocenters. The second kappa shape index (κ2) is 7.89. The van der Waals surface area contributed by atoms with E-state index in [1.165, 1.54) is 6.92 Å². The molecule has 0 spiro atoms. The molecule has 6 nitrogen and oxygen atoms in total. The number of hydrogen-bond donors (Lipinski definition) is 3. The van der Waals surface area contributed by atoms with Crippen molar-refractivity contribution < 1.29 is 14.3 Å². The molecule has 120 valence electrons. The van der Waals surface area contributed by atoms with E-state index in [0.717, 1.165) is 15.2 Å². The van der Waals surface area contributed by atoms with Crippen LogP contribution in [0.15, 0.2) is 40.9 Å². The summed E-state index contributed by atoms with van der Waals surface area (Å²) in [4.78, 5) is 22.5. The van der Waals surface area contributed by atoms with Gasteiger partial charge >= 0.3 is 0 Å². The Labute approximate surface area is 146 Å². The molecule has 3 N–H and O–H groups in total.